The maximum atomic E-state index is 12.2. The standard InChI is InChI=1S/C19H17N3O/c20-13-4-1-3-12(11-13)7-8-16-14-9-10-21-19(23)15-5-2-6-17(22-16)18(14)15/h1-4,6,11,15,22H,5,9-10,20H2,(H,21,23). The van der Waals surface area contributed by atoms with Gasteiger partial charge in [0.25, 0.3) is 0 Å². The zero-order valence-electron chi connectivity index (χ0n) is 12.6. The molecule has 0 saturated carbocycles. The summed E-state index contributed by atoms with van der Waals surface area (Å²) in [6, 6.07) is 7.55. The molecule has 0 fully saturated rings. The Labute approximate surface area is 134 Å². The highest BCUT2D eigenvalue weighted by Gasteiger charge is 2.31. The van der Waals surface area contributed by atoms with Crippen molar-refractivity contribution in [1.82, 2.24) is 10.3 Å². The fourth-order valence-electron chi connectivity index (χ4n) is 3.33. The molecule has 4 nitrogen and oxygen atoms in total. The average molecular weight is 303 g/mol. The van der Waals surface area contributed by atoms with Crippen LogP contribution in [0.25, 0.3) is 6.08 Å². The van der Waals surface area contributed by atoms with Crippen molar-refractivity contribution < 1.29 is 4.79 Å². The van der Waals surface area contributed by atoms with E-state index in [9.17, 15) is 4.79 Å². The van der Waals surface area contributed by atoms with Crippen LogP contribution in [0.15, 0.2) is 30.3 Å². The quantitative estimate of drug-likeness (QED) is 0.515. The number of anilines is 1. The highest BCUT2D eigenvalue weighted by atomic mass is 16.1. The smallest absolute Gasteiger partial charge is 0.227 e. The second-order valence-corrected chi connectivity index (χ2v) is 5.91. The van der Waals surface area contributed by atoms with E-state index in [0.29, 0.717) is 12.2 Å². The van der Waals surface area contributed by atoms with Crippen LogP contribution in [-0.4, -0.2) is 17.4 Å². The monoisotopic (exact) mass is 303 g/mol. The maximum absolute atomic E-state index is 12.2. The molecule has 1 aliphatic heterocycles. The predicted molar refractivity (Wildman–Crippen MR) is 90.7 cm³/mol. The maximum Gasteiger partial charge on any atom is 0.227 e. The van der Waals surface area contributed by atoms with Crippen molar-refractivity contribution in [3.63, 3.8) is 0 Å². The fourth-order valence-corrected chi connectivity index (χ4v) is 3.33. The van der Waals surface area contributed by atoms with Crippen LogP contribution < -0.4 is 11.1 Å². The molecule has 0 saturated heterocycles. The highest BCUT2D eigenvalue weighted by molar-refractivity contribution is 5.87. The largest absolute Gasteiger partial charge is 0.399 e. The first-order valence-electron chi connectivity index (χ1n) is 7.79. The molecule has 2 aromatic rings. The van der Waals surface area contributed by atoms with Crippen LogP contribution >= 0.6 is 0 Å². The number of nitrogens with one attached hydrogen (secondary N) is 2. The van der Waals surface area contributed by atoms with Gasteiger partial charge in [-0.15, -0.1) is 0 Å². The van der Waals surface area contributed by atoms with Gasteiger partial charge in [0.2, 0.25) is 5.91 Å². The lowest BCUT2D eigenvalue weighted by Crippen LogP contribution is -2.28. The lowest BCUT2D eigenvalue weighted by atomic mass is 9.87. The fraction of sp³-hybridized carbons (Fsp3) is 0.211. The second-order valence-electron chi connectivity index (χ2n) is 5.91. The normalized spacial score (nSPS) is 18.4. The number of hydrogen-bond acceptors (Lipinski definition) is 2. The van der Waals surface area contributed by atoms with Gasteiger partial charge in [0.05, 0.1) is 11.6 Å². The lowest BCUT2D eigenvalue weighted by molar-refractivity contribution is -0.122. The molecule has 0 spiro atoms. The molecule has 4 N–H and O–H groups in total. The molecule has 114 valence electrons. The van der Waals surface area contributed by atoms with E-state index in [1.165, 1.54) is 5.56 Å². The summed E-state index contributed by atoms with van der Waals surface area (Å²) >= 11 is 0. The van der Waals surface area contributed by atoms with Crippen molar-refractivity contribution >= 4 is 17.7 Å². The molecule has 4 rings (SSSR count). The molecular formula is C19H17N3O. The second kappa shape index (κ2) is 5.36. The van der Waals surface area contributed by atoms with Gasteiger partial charge in [0, 0.05) is 23.5 Å². The van der Waals surface area contributed by atoms with Crippen molar-refractivity contribution in [3.8, 4) is 11.8 Å². The van der Waals surface area contributed by atoms with E-state index in [1.54, 1.807) is 0 Å². The van der Waals surface area contributed by atoms with E-state index < -0.39 is 0 Å². The van der Waals surface area contributed by atoms with Crippen molar-refractivity contribution in [2.24, 2.45) is 0 Å². The Morgan fingerprint density at radius 2 is 2.17 bits per heavy atom. The average Bonchev–Trinajstić information content (AvgIpc) is 2.81. The molecule has 1 unspecified atom stereocenters. The minimum atomic E-state index is -0.0910. The summed E-state index contributed by atoms with van der Waals surface area (Å²) in [5.74, 6) is 6.42. The Bertz CT molecular complexity index is 880. The number of benzene rings is 1. The van der Waals surface area contributed by atoms with Gasteiger partial charge in [0.1, 0.15) is 0 Å². The summed E-state index contributed by atoms with van der Waals surface area (Å²) in [5, 5.41) is 3.00. The third kappa shape index (κ3) is 2.40. The van der Waals surface area contributed by atoms with E-state index >= 15 is 0 Å². The van der Waals surface area contributed by atoms with E-state index in [0.717, 1.165) is 35.4 Å². The van der Waals surface area contributed by atoms with Crippen molar-refractivity contribution in [1.29, 1.82) is 0 Å². The zero-order chi connectivity index (χ0) is 15.8. The molecule has 1 atom stereocenters. The molecule has 0 radical (unpaired) electrons. The van der Waals surface area contributed by atoms with E-state index in [1.807, 2.05) is 30.3 Å². The predicted octanol–water partition coefficient (Wildman–Crippen LogP) is 2.17. The van der Waals surface area contributed by atoms with Crippen LogP contribution in [0.1, 0.15) is 40.4 Å². The van der Waals surface area contributed by atoms with Gasteiger partial charge in [-0.3, -0.25) is 4.79 Å². The topological polar surface area (TPSA) is 70.9 Å². The van der Waals surface area contributed by atoms with Crippen molar-refractivity contribution in [2.45, 2.75) is 18.8 Å². The number of rotatable bonds is 0. The van der Waals surface area contributed by atoms with Gasteiger partial charge in [-0.1, -0.05) is 18.1 Å². The molecule has 1 amide bonds. The van der Waals surface area contributed by atoms with E-state index in [4.69, 9.17) is 5.73 Å². The molecule has 2 heterocycles. The van der Waals surface area contributed by atoms with Gasteiger partial charge >= 0.3 is 0 Å². The van der Waals surface area contributed by atoms with Gasteiger partial charge in [-0.25, -0.2) is 0 Å². The summed E-state index contributed by atoms with van der Waals surface area (Å²) < 4.78 is 0. The third-order valence-corrected chi connectivity index (χ3v) is 4.39. The molecule has 4 heteroatoms. The van der Waals surface area contributed by atoms with E-state index in [-0.39, 0.29) is 11.8 Å². The Morgan fingerprint density at radius 3 is 3.04 bits per heavy atom. The Hall–Kier alpha value is -2.93. The van der Waals surface area contributed by atoms with E-state index in [2.05, 4.69) is 28.2 Å². The number of aromatic nitrogens is 1. The molecule has 1 aromatic heterocycles. The minimum absolute atomic E-state index is 0.0910. The van der Waals surface area contributed by atoms with Gasteiger partial charge in [-0.2, -0.15) is 0 Å². The molecule has 23 heavy (non-hydrogen) atoms. The van der Waals surface area contributed by atoms with Gasteiger partial charge in [-0.05, 0) is 54.2 Å². The van der Waals surface area contributed by atoms with Crippen LogP contribution in [0, 0.1) is 11.8 Å². The van der Waals surface area contributed by atoms with Crippen molar-refractivity contribution in [3.05, 3.63) is 58.4 Å². The first-order valence-corrected chi connectivity index (χ1v) is 7.79. The lowest BCUT2D eigenvalue weighted by Gasteiger charge is -2.16. The minimum Gasteiger partial charge on any atom is -0.399 e. The third-order valence-electron chi connectivity index (χ3n) is 4.39. The Balaban J connectivity index is 1.79. The molecule has 0 bridgehead atoms. The van der Waals surface area contributed by atoms with Gasteiger partial charge < -0.3 is 16.0 Å². The first kappa shape index (κ1) is 13.7. The summed E-state index contributed by atoms with van der Waals surface area (Å²) in [4.78, 5) is 15.6. The number of nitrogens with two attached hydrogens (primary N) is 1. The van der Waals surface area contributed by atoms with Crippen LogP contribution in [0.4, 0.5) is 5.69 Å². The molecule has 2 aliphatic rings. The van der Waals surface area contributed by atoms with Crippen LogP contribution in [0.2, 0.25) is 0 Å². The first-order chi connectivity index (χ1) is 11.2. The summed E-state index contributed by atoms with van der Waals surface area (Å²) in [6.07, 6.45) is 5.67. The van der Waals surface area contributed by atoms with Crippen LogP contribution in [0.5, 0.6) is 0 Å². The number of allylic oxidation sites excluding steroid dienone is 1. The Kier molecular flexibility index (Phi) is 3.20. The van der Waals surface area contributed by atoms with Crippen molar-refractivity contribution in [2.75, 3.05) is 12.3 Å². The van der Waals surface area contributed by atoms with Gasteiger partial charge in [0.15, 0.2) is 0 Å². The SMILES string of the molecule is Nc1cccc(C#Cc2[nH]c3c4c2CCNC(=O)C4CC=C3)c1. The summed E-state index contributed by atoms with van der Waals surface area (Å²) in [6.45, 7) is 0.659. The molecule has 1 aromatic carbocycles. The number of nitrogen functional groups attached to an aromatic ring is 1. The highest BCUT2D eigenvalue weighted by Crippen LogP contribution is 2.35. The van der Waals surface area contributed by atoms with Crippen LogP contribution in [0.3, 0.4) is 0 Å². The number of carbonyl (C=O) groups excluding carboxylic acids is 1. The Morgan fingerprint density at radius 1 is 1.26 bits per heavy atom. The van der Waals surface area contributed by atoms with Crippen LogP contribution in [-0.2, 0) is 11.2 Å². The molecular weight excluding hydrogens is 286 g/mol. The summed E-state index contributed by atoms with van der Waals surface area (Å²) in [5.41, 5.74) is 11.6. The number of hydrogen-bond donors (Lipinski definition) is 3. The zero-order valence-corrected chi connectivity index (χ0v) is 12.6. The number of carbonyl (C=O) groups is 1. The molecule has 1 aliphatic carbocycles. The summed E-state index contributed by atoms with van der Waals surface area (Å²) in [7, 11) is 0. The number of H-pyrrole nitrogens is 1. The number of aromatic amines is 1. The number of amides is 1.